The molecular formula is C13H24N2O2. The highest BCUT2D eigenvalue weighted by molar-refractivity contribution is 5.76. The normalized spacial score (nSPS) is 29.2. The van der Waals surface area contributed by atoms with Crippen LogP contribution in [0, 0.1) is 0 Å². The summed E-state index contributed by atoms with van der Waals surface area (Å²) >= 11 is 0. The van der Waals surface area contributed by atoms with Crippen LogP contribution in [0.3, 0.4) is 0 Å². The predicted molar refractivity (Wildman–Crippen MR) is 66.9 cm³/mol. The van der Waals surface area contributed by atoms with E-state index < -0.39 is 0 Å². The van der Waals surface area contributed by atoms with Crippen LogP contribution in [0.25, 0.3) is 0 Å². The first kappa shape index (κ1) is 12.8. The molecule has 17 heavy (non-hydrogen) atoms. The van der Waals surface area contributed by atoms with Crippen LogP contribution in [0.4, 0.5) is 0 Å². The van der Waals surface area contributed by atoms with Crippen molar-refractivity contribution in [3.8, 4) is 0 Å². The maximum atomic E-state index is 12.0. The van der Waals surface area contributed by atoms with Crippen molar-refractivity contribution in [2.24, 2.45) is 0 Å². The lowest BCUT2D eigenvalue weighted by atomic mass is 10.00. The van der Waals surface area contributed by atoms with Gasteiger partial charge in [-0.05, 0) is 32.2 Å². The molecule has 2 unspecified atom stereocenters. The van der Waals surface area contributed by atoms with E-state index in [1.54, 1.807) is 0 Å². The number of carbonyl (C=O) groups excluding carboxylic acids is 1. The number of piperidine rings is 1. The first-order valence-corrected chi connectivity index (χ1v) is 6.84. The molecule has 2 fully saturated rings. The summed E-state index contributed by atoms with van der Waals surface area (Å²) < 4.78 is 5.32. The molecular weight excluding hydrogens is 216 g/mol. The Hall–Kier alpha value is -0.610. The highest BCUT2D eigenvalue weighted by Gasteiger charge is 2.24. The highest BCUT2D eigenvalue weighted by Crippen LogP contribution is 2.15. The summed E-state index contributed by atoms with van der Waals surface area (Å²) in [4.78, 5) is 13.9. The Morgan fingerprint density at radius 2 is 2.29 bits per heavy atom. The Kier molecular flexibility index (Phi) is 4.80. The Morgan fingerprint density at radius 1 is 1.41 bits per heavy atom. The molecule has 0 radical (unpaired) electrons. The van der Waals surface area contributed by atoms with Crippen LogP contribution in [0.2, 0.25) is 0 Å². The van der Waals surface area contributed by atoms with Crippen LogP contribution in [0.15, 0.2) is 0 Å². The summed E-state index contributed by atoms with van der Waals surface area (Å²) in [5, 5.41) is 3.49. The standard InChI is InChI=1S/C13H24N2O2/c1-15(12-7-9-17-10-12)13(16)6-5-11-4-2-3-8-14-11/h11-12,14H,2-10H2,1H3. The number of nitrogens with one attached hydrogen (secondary N) is 1. The van der Waals surface area contributed by atoms with Gasteiger partial charge in [0.1, 0.15) is 0 Å². The Morgan fingerprint density at radius 3 is 2.94 bits per heavy atom. The van der Waals surface area contributed by atoms with Crippen molar-refractivity contribution in [3.05, 3.63) is 0 Å². The number of ether oxygens (including phenoxy) is 1. The topological polar surface area (TPSA) is 41.6 Å². The molecule has 2 aliphatic heterocycles. The van der Waals surface area contributed by atoms with Gasteiger partial charge >= 0.3 is 0 Å². The number of hydrogen-bond donors (Lipinski definition) is 1. The van der Waals surface area contributed by atoms with Gasteiger partial charge in [-0.3, -0.25) is 4.79 Å². The monoisotopic (exact) mass is 240 g/mol. The van der Waals surface area contributed by atoms with Gasteiger partial charge in [-0.25, -0.2) is 0 Å². The minimum absolute atomic E-state index is 0.271. The average molecular weight is 240 g/mol. The second kappa shape index (κ2) is 6.36. The number of nitrogens with zero attached hydrogens (tertiary/aromatic N) is 1. The van der Waals surface area contributed by atoms with Crippen LogP contribution in [0.1, 0.15) is 38.5 Å². The number of hydrogen-bond acceptors (Lipinski definition) is 3. The summed E-state index contributed by atoms with van der Waals surface area (Å²) in [5.74, 6) is 0.271. The summed E-state index contributed by atoms with van der Waals surface area (Å²) in [6.45, 7) is 2.63. The van der Waals surface area contributed by atoms with Gasteiger partial charge in [0.25, 0.3) is 0 Å². The van der Waals surface area contributed by atoms with Gasteiger partial charge in [0.15, 0.2) is 0 Å². The van der Waals surface area contributed by atoms with Gasteiger partial charge in [0, 0.05) is 26.1 Å². The predicted octanol–water partition coefficient (Wildman–Crippen LogP) is 1.16. The minimum atomic E-state index is 0.271. The number of likely N-dealkylation sites (N-methyl/N-ethyl adjacent to an activating group) is 1. The van der Waals surface area contributed by atoms with Crippen molar-refractivity contribution in [2.75, 3.05) is 26.8 Å². The van der Waals surface area contributed by atoms with Gasteiger partial charge in [-0.2, -0.15) is 0 Å². The third kappa shape index (κ3) is 3.68. The van der Waals surface area contributed by atoms with E-state index in [0.717, 1.165) is 26.0 Å². The fraction of sp³-hybridized carbons (Fsp3) is 0.923. The van der Waals surface area contributed by atoms with Crippen molar-refractivity contribution in [3.63, 3.8) is 0 Å². The molecule has 0 aromatic heterocycles. The van der Waals surface area contributed by atoms with E-state index in [9.17, 15) is 4.79 Å². The second-order valence-electron chi connectivity index (χ2n) is 5.21. The third-order valence-electron chi connectivity index (χ3n) is 3.97. The van der Waals surface area contributed by atoms with E-state index >= 15 is 0 Å². The molecule has 2 rings (SSSR count). The highest BCUT2D eigenvalue weighted by atomic mass is 16.5. The van der Waals surface area contributed by atoms with Crippen LogP contribution >= 0.6 is 0 Å². The van der Waals surface area contributed by atoms with E-state index in [2.05, 4.69) is 5.32 Å². The molecule has 4 heteroatoms. The van der Waals surface area contributed by atoms with Gasteiger partial charge in [0.05, 0.1) is 12.6 Å². The smallest absolute Gasteiger partial charge is 0.222 e. The first-order valence-electron chi connectivity index (χ1n) is 6.84. The average Bonchev–Trinajstić information content (AvgIpc) is 2.90. The molecule has 2 saturated heterocycles. The summed E-state index contributed by atoms with van der Waals surface area (Å²) in [5.41, 5.74) is 0. The van der Waals surface area contributed by atoms with Crippen LogP contribution < -0.4 is 5.32 Å². The zero-order valence-electron chi connectivity index (χ0n) is 10.8. The largest absolute Gasteiger partial charge is 0.379 e. The summed E-state index contributed by atoms with van der Waals surface area (Å²) in [6.07, 6.45) is 6.46. The van der Waals surface area contributed by atoms with Gasteiger partial charge in [-0.15, -0.1) is 0 Å². The molecule has 2 aliphatic rings. The van der Waals surface area contributed by atoms with Crippen molar-refractivity contribution < 1.29 is 9.53 Å². The fourth-order valence-electron chi connectivity index (χ4n) is 2.68. The van der Waals surface area contributed by atoms with Crippen molar-refractivity contribution in [1.29, 1.82) is 0 Å². The third-order valence-corrected chi connectivity index (χ3v) is 3.97. The molecule has 2 atom stereocenters. The fourth-order valence-corrected chi connectivity index (χ4v) is 2.68. The molecule has 0 aromatic rings. The molecule has 98 valence electrons. The molecule has 4 nitrogen and oxygen atoms in total. The van der Waals surface area contributed by atoms with Crippen LogP contribution in [-0.4, -0.2) is 49.7 Å². The zero-order valence-corrected chi connectivity index (χ0v) is 10.8. The van der Waals surface area contributed by atoms with E-state index in [-0.39, 0.29) is 5.91 Å². The van der Waals surface area contributed by atoms with Gasteiger partial charge in [0.2, 0.25) is 5.91 Å². The zero-order chi connectivity index (χ0) is 12.1. The van der Waals surface area contributed by atoms with Crippen LogP contribution in [-0.2, 0) is 9.53 Å². The van der Waals surface area contributed by atoms with Crippen molar-refractivity contribution >= 4 is 5.91 Å². The molecule has 0 bridgehead atoms. The number of carbonyl (C=O) groups is 1. The molecule has 0 saturated carbocycles. The second-order valence-corrected chi connectivity index (χ2v) is 5.21. The first-order chi connectivity index (χ1) is 8.27. The summed E-state index contributed by atoms with van der Waals surface area (Å²) in [6, 6.07) is 0.864. The molecule has 2 heterocycles. The van der Waals surface area contributed by atoms with Crippen molar-refractivity contribution in [1.82, 2.24) is 10.2 Å². The minimum Gasteiger partial charge on any atom is -0.379 e. The molecule has 0 aromatic carbocycles. The molecule has 0 spiro atoms. The molecule has 0 aliphatic carbocycles. The lowest BCUT2D eigenvalue weighted by Gasteiger charge is -2.26. The van der Waals surface area contributed by atoms with E-state index in [1.165, 1.54) is 19.3 Å². The number of rotatable bonds is 4. The quantitative estimate of drug-likeness (QED) is 0.801. The van der Waals surface area contributed by atoms with E-state index in [4.69, 9.17) is 4.74 Å². The van der Waals surface area contributed by atoms with Gasteiger partial charge < -0.3 is 15.0 Å². The Bertz CT molecular complexity index is 246. The number of amides is 1. The lowest BCUT2D eigenvalue weighted by molar-refractivity contribution is -0.132. The lowest BCUT2D eigenvalue weighted by Crippen LogP contribution is -2.39. The molecule has 1 N–H and O–H groups in total. The maximum absolute atomic E-state index is 12.0. The van der Waals surface area contributed by atoms with Crippen molar-refractivity contribution in [2.45, 2.75) is 50.6 Å². The van der Waals surface area contributed by atoms with E-state index in [0.29, 0.717) is 25.1 Å². The van der Waals surface area contributed by atoms with Gasteiger partial charge in [-0.1, -0.05) is 6.42 Å². The maximum Gasteiger partial charge on any atom is 0.222 e. The Labute approximate surface area is 104 Å². The molecule has 1 amide bonds. The Balaban J connectivity index is 1.68. The van der Waals surface area contributed by atoms with Crippen LogP contribution in [0.5, 0.6) is 0 Å². The van der Waals surface area contributed by atoms with E-state index in [1.807, 2.05) is 11.9 Å². The SMILES string of the molecule is CN(C(=O)CCC1CCCCN1)C1CCOC1. The summed E-state index contributed by atoms with van der Waals surface area (Å²) in [7, 11) is 1.91.